The van der Waals surface area contributed by atoms with Crippen LogP contribution >= 0.6 is 0 Å². The standard InChI is InChI=1S/C27H37N3O2/c1-18-11-14-25(26(31)28-18)30-17-21-16-19(12-13-23(21)27(30)32)15-20-7-5-6-10-24(20)29-22-8-3-2-4-9-22/h12-13,16,20,22,24-25,29H,1-11,14-15,17H2,(H,28,31)/t20-,24+,25?/m1/s1. The molecule has 0 spiro atoms. The van der Waals surface area contributed by atoms with Crippen LogP contribution < -0.4 is 10.6 Å². The van der Waals surface area contributed by atoms with Gasteiger partial charge in [-0.2, -0.15) is 0 Å². The number of amides is 2. The van der Waals surface area contributed by atoms with Gasteiger partial charge in [0, 0.05) is 29.9 Å². The van der Waals surface area contributed by atoms with E-state index in [0.717, 1.165) is 29.7 Å². The van der Waals surface area contributed by atoms with Crippen molar-refractivity contribution in [2.24, 2.45) is 5.92 Å². The van der Waals surface area contributed by atoms with E-state index in [2.05, 4.69) is 29.3 Å². The Bertz CT molecular complexity index is 889. The van der Waals surface area contributed by atoms with Crippen molar-refractivity contribution in [3.8, 4) is 0 Å². The minimum absolute atomic E-state index is 0.00581. The summed E-state index contributed by atoms with van der Waals surface area (Å²) in [5.41, 5.74) is 3.94. The molecule has 2 heterocycles. The summed E-state index contributed by atoms with van der Waals surface area (Å²) in [4.78, 5) is 27.2. The molecule has 0 aromatic heterocycles. The lowest BCUT2D eigenvalue weighted by Gasteiger charge is -2.36. The summed E-state index contributed by atoms with van der Waals surface area (Å²) in [6.45, 7) is 4.40. The molecule has 1 saturated heterocycles. The van der Waals surface area contributed by atoms with Crippen molar-refractivity contribution in [2.45, 2.75) is 102 Å². The maximum atomic E-state index is 13.0. The molecule has 2 N–H and O–H groups in total. The highest BCUT2D eigenvalue weighted by molar-refractivity contribution is 6.01. The molecule has 3 fully saturated rings. The van der Waals surface area contributed by atoms with Crippen LogP contribution in [0.3, 0.4) is 0 Å². The van der Waals surface area contributed by atoms with Crippen LogP contribution in [0.4, 0.5) is 0 Å². The van der Waals surface area contributed by atoms with Gasteiger partial charge in [-0.25, -0.2) is 0 Å². The molecule has 2 amide bonds. The quantitative estimate of drug-likeness (QED) is 0.718. The van der Waals surface area contributed by atoms with Gasteiger partial charge in [0.25, 0.3) is 5.91 Å². The first-order valence-corrected chi connectivity index (χ1v) is 12.8. The van der Waals surface area contributed by atoms with Crippen molar-refractivity contribution in [3.63, 3.8) is 0 Å². The monoisotopic (exact) mass is 435 g/mol. The number of allylic oxidation sites excluding steroid dienone is 1. The van der Waals surface area contributed by atoms with E-state index >= 15 is 0 Å². The molecule has 5 nitrogen and oxygen atoms in total. The van der Waals surface area contributed by atoms with Crippen LogP contribution in [0.5, 0.6) is 0 Å². The topological polar surface area (TPSA) is 61.4 Å². The number of benzene rings is 1. The van der Waals surface area contributed by atoms with E-state index in [1.54, 1.807) is 4.90 Å². The van der Waals surface area contributed by atoms with Gasteiger partial charge in [0.05, 0.1) is 0 Å². The second-order valence-corrected chi connectivity index (χ2v) is 10.4. The molecule has 1 aromatic rings. The number of hydrogen-bond acceptors (Lipinski definition) is 3. The van der Waals surface area contributed by atoms with Crippen molar-refractivity contribution in [1.29, 1.82) is 0 Å². The average molecular weight is 436 g/mol. The maximum absolute atomic E-state index is 13.0. The molecule has 172 valence electrons. The molecular weight excluding hydrogens is 398 g/mol. The van der Waals surface area contributed by atoms with Crippen LogP contribution in [0.15, 0.2) is 30.5 Å². The summed E-state index contributed by atoms with van der Waals surface area (Å²) in [6, 6.07) is 7.33. The second kappa shape index (κ2) is 9.38. The highest BCUT2D eigenvalue weighted by atomic mass is 16.2. The zero-order valence-corrected chi connectivity index (χ0v) is 19.2. The molecule has 0 bridgehead atoms. The van der Waals surface area contributed by atoms with Gasteiger partial charge in [0.15, 0.2) is 0 Å². The Kier molecular flexibility index (Phi) is 6.36. The predicted octanol–water partition coefficient (Wildman–Crippen LogP) is 4.46. The van der Waals surface area contributed by atoms with Gasteiger partial charge in [-0.05, 0) is 68.1 Å². The highest BCUT2D eigenvalue weighted by Gasteiger charge is 2.38. The molecule has 2 aliphatic carbocycles. The molecule has 1 unspecified atom stereocenters. The number of rotatable bonds is 5. The number of nitrogens with zero attached hydrogens (tertiary/aromatic N) is 1. The molecule has 2 saturated carbocycles. The van der Waals surface area contributed by atoms with Crippen molar-refractivity contribution < 1.29 is 9.59 Å². The Hall–Kier alpha value is -2.14. The fourth-order valence-electron chi connectivity index (χ4n) is 6.38. The van der Waals surface area contributed by atoms with E-state index in [4.69, 9.17) is 0 Å². The van der Waals surface area contributed by atoms with E-state index in [0.29, 0.717) is 31.0 Å². The second-order valence-electron chi connectivity index (χ2n) is 10.4. The Morgan fingerprint density at radius 2 is 1.78 bits per heavy atom. The normalized spacial score (nSPS) is 29.2. The zero-order valence-electron chi connectivity index (χ0n) is 19.2. The van der Waals surface area contributed by atoms with Gasteiger partial charge in [0.2, 0.25) is 5.91 Å². The lowest BCUT2D eigenvalue weighted by atomic mass is 9.79. The lowest BCUT2D eigenvalue weighted by molar-refractivity contribution is -0.126. The molecule has 1 aromatic carbocycles. The number of fused-ring (bicyclic) bond motifs is 1. The van der Waals surface area contributed by atoms with Crippen LogP contribution in [0, 0.1) is 5.92 Å². The van der Waals surface area contributed by atoms with Crippen LogP contribution in [-0.4, -0.2) is 34.8 Å². The zero-order chi connectivity index (χ0) is 22.1. The molecule has 5 heteroatoms. The van der Waals surface area contributed by atoms with Gasteiger partial charge in [-0.3, -0.25) is 9.59 Å². The van der Waals surface area contributed by atoms with Crippen LogP contribution in [0.1, 0.15) is 92.1 Å². The Balaban J connectivity index is 1.26. The van der Waals surface area contributed by atoms with Crippen LogP contribution in [-0.2, 0) is 17.8 Å². The molecule has 32 heavy (non-hydrogen) atoms. The van der Waals surface area contributed by atoms with Gasteiger partial charge >= 0.3 is 0 Å². The Labute approximate surface area is 192 Å². The van der Waals surface area contributed by atoms with E-state index in [9.17, 15) is 9.59 Å². The summed E-state index contributed by atoms with van der Waals surface area (Å²) in [5, 5.41) is 6.86. The van der Waals surface area contributed by atoms with Gasteiger partial charge in [-0.1, -0.05) is 50.8 Å². The number of piperidine rings is 1. The van der Waals surface area contributed by atoms with Gasteiger partial charge in [-0.15, -0.1) is 0 Å². The van der Waals surface area contributed by atoms with Crippen molar-refractivity contribution in [1.82, 2.24) is 15.5 Å². The molecule has 5 rings (SSSR count). The SMILES string of the molecule is C=C1CCC(N2Cc3cc(C[C@H]4CCCC[C@@H]4NC4CCCCC4)ccc3C2=O)C(=O)N1. The van der Waals surface area contributed by atoms with E-state index < -0.39 is 0 Å². The first kappa shape index (κ1) is 21.7. The predicted molar refractivity (Wildman–Crippen MR) is 126 cm³/mol. The molecule has 2 aliphatic heterocycles. The molecule has 4 aliphatic rings. The summed E-state index contributed by atoms with van der Waals surface area (Å²) in [5.74, 6) is 0.572. The summed E-state index contributed by atoms with van der Waals surface area (Å²) in [6.07, 6.45) is 14.5. The molecular formula is C27H37N3O2. The first-order chi connectivity index (χ1) is 15.6. The fraction of sp³-hybridized carbons (Fsp3) is 0.630. The minimum atomic E-state index is -0.383. The highest BCUT2D eigenvalue weighted by Crippen LogP contribution is 2.33. The fourth-order valence-corrected chi connectivity index (χ4v) is 6.38. The molecule has 3 atom stereocenters. The number of carbonyl (C=O) groups excluding carboxylic acids is 2. The van der Waals surface area contributed by atoms with E-state index in [1.165, 1.54) is 63.4 Å². The minimum Gasteiger partial charge on any atom is -0.329 e. The van der Waals surface area contributed by atoms with Gasteiger partial charge in [0.1, 0.15) is 6.04 Å². The average Bonchev–Trinajstić information content (AvgIpc) is 3.11. The van der Waals surface area contributed by atoms with Crippen molar-refractivity contribution in [3.05, 3.63) is 47.2 Å². The molecule has 0 radical (unpaired) electrons. The maximum Gasteiger partial charge on any atom is 0.255 e. The summed E-state index contributed by atoms with van der Waals surface area (Å²) >= 11 is 0. The van der Waals surface area contributed by atoms with E-state index in [-0.39, 0.29) is 17.9 Å². The third-order valence-corrected chi connectivity index (χ3v) is 8.16. The van der Waals surface area contributed by atoms with Crippen LogP contribution in [0.2, 0.25) is 0 Å². The van der Waals surface area contributed by atoms with E-state index in [1.807, 2.05) is 6.07 Å². The first-order valence-electron chi connectivity index (χ1n) is 12.8. The number of hydrogen-bond donors (Lipinski definition) is 2. The van der Waals surface area contributed by atoms with Crippen LogP contribution in [0.25, 0.3) is 0 Å². The third-order valence-electron chi connectivity index (χ3n) is 8.16. The number of nitrogens with one attached hydrogen (secondary N) is 2. The third kappa shape index (κ3) is 4.50. The Morgan fingerprint density at radius 1 is 1.00 bits per heavy atom. The van der Waals surface area contributed by atoms with Crippen molar-refractivity contribution in [2.75, 3.05) is 0 Å². The Morgan fingerprint density at radius 3 is 2.59 bits per heavy atom. The smallest absolute Gasteiger partial charge is 0.255 e. The summed E-state index contributed by atoms with van der Waals surface area (Å²) < 4.78 is 0. The van der Waals surface area contributed by atoms with Gasteiger partial charge < -0.3 is 15.5 Å². The lowest BCUT2D eigenvalue weighted by Crippen LogP contribution is -2.49. The van der Waals surface area contributed by atoms with Crippen molar-refractivity contribution >= 4 is 11.8 Å². The summed E-state index contributed by atoms with van der Waals surface area (Å²) in [7, 11) is 0. The number of carbonyl (C=O) groups is 2. The largest absolute Gasteiger partial charge is 0.329 e.